The van der Waals surface area contributed by atoms with Gasteiger partial charge in [0, 0.05) is 11.9 Å². The minimum Gasteiger partial charge on any atom is -0.504 e. The Hall–Kier alpha value is -3.07. The average Bonchev–Trinajstić information content (AvgIpc) is 2.80. The first-order valence-electron chi connectivity index (χ1n) is 7.56. The van der Waals surface area contributed by atoms with Crippen molar-refractivity contribution in [1.29, 1.82) is 0 Å². The Bertz CT molecular complexity index is 1030. The molecule has 136 valence electrons. The van der Waals surface area contributed by atoms with Crippen LogP contribution >= 0.6 is 0 Å². The lowest BCUT2D eigenvalue weighted by atomic mass is 10.1. The Morgan fingerprint density at radius 1 is 1.08 bits per heavy atom. The van der Waals surface area contributed by atoms with Gasteiger partial charge in [0.1, 0.15) is 9.84 Å². The molecule has 8 nitrogen and oxygen atoms in total. The molecule has 0 spiro atoms. The van der Waals surface area contributed by atoms with Gasteiger partial charge in [-0.3, -0.25) is 14.5 Å². The van der Waals surface area contributed by atoms with Gasteiger partial charge >= 0.3 is 0 Å². The van der Waals surface area contributed by atoms with Crippen LogP contribution in [0.4, 0.5) is 5.69 Å². The molecule has 2 aromatic carbocycles. The highest BCUT2D eigenvalue weighted by molar-refractivity contribution is 7.90. The third kappa shape index (κ3) is 2.97. The molecule has 3 rings (SSSR count). The smallest absolute Gasteiger partial charge is 0.264 e. The fraction of sp³-hybridized carbons (Fsp3) is 0.176. The van der Waals surface area contributed by atoms with Crippen molar-refractivity contribution in [3.8, 4) is 11.5 Å². The highest BCUT2D eigenvalue weighted by Crippen LogP contribution is 2.37. The number of anilines is 1. The lowest BCUT2D eigenvalue weighted by molar-refractivity contribution is 0.0598. The molecule has 1 unspecified atom stereocenters. The summed E-state index contributed by atoms with van der Waals surface area (Å²) in [5.74, 6) is -2.80. The summed E-state index contributed by atoms with van der Waals surface area (Å²) in [5, 5.41) is 19.2. The lowest BCUT2D eigenvalue weighted by Gasteiger charge is -2.26. The second kappa shape index (κ2) is 6.03. The SMILES string of the molecule is CS(=O)(=O)CC(c1ccc(O)c(O)c1)N1C(=O)c2cccc(N)c2C1=O. The van der Waals surface area contributed by atoms with Gasteiger partial charge < -0.3 is 15.9 Å². The van der Waals surface area contributed by atoms with Gasteiger partial charge in [-0.2, -0.15) is 0 Å². The number of fused-ring (bicyclic) bond motifs is 1. The molecule has 1 aliphatic rings. The van der Waals surface area contributed by atoms with Crippen LogP contribution in [0.2, 0.25) is 0 Å². The number of benzene rings is 2. The number of sulfone groups is 1. The van der Waals surface area contributed by atoms with Gasteiger partial charge in [0.2, 0.25) is 0 Å². The summed E-state index contributed by atoms with van der Waals surface area (Å²) in [7, 11) is -3.60. The third-order valence-electron chi connectivity index (χ3n) is 4.14. The molecule has 26 heavy (non-hydrogen) atoms. The lowest BCUT2D eigenvalue weighted by Crippen LogP contribution is -2.37. The van der Waals surface area contributed by atoms with E-state index in [0.29, 0.717) is 0 Å². The van der Waals surface area contributed by atoms with Gasteiger partial charge in [-0.05, 0) is 29.8 Å². The summed E-state index contributed by atoms with van der Waals surface area (Å²) < 4.78 is 23.8. The monoisotopic (exact) mass is 376 g/mol. The topological polar surface area (TPSA) is 138 Å². The van der Waals surface area contributed by atoms with Gasteiger partial charge in [-0.15, -0.1) is 0 Å². The van der Waals surface area contributed by atoms with Gasteiger partial charge in [-0.1, -0.05) is 12.1 Å². The van der Waals surface area contributed by atoms with E-state index < -0.39 is 44.9 Å². The van der Waals surface area contributed by atoms with Gasteiger partial charge in [0.25, 0.3) is 11.8 Å². The second-order valence-corrected chi connectivity index (χ2v) is 8.29. The zero-order valence-corrected chi connectivity index (χ0v) is 14.5. The predicted molar refractivity (Wildman–Crippen MR) is 93.6 cm³/mol. The summed E-state index contributed by atoms with van der Waals surface area (Å²) in [5.41, 5.74) is 6.24. The van der Waals surface area contributed by atoms with E-state index in [4.69, 9.17) is 5.73 Å². The molecule has 1 heterocycles. The molecule has 0 aromatic heterocycles. The summed E-state index contributed by atoms with van der Waals surface area (Å²) in [6.45, 7) is 0. The number of nitrogens with zero attached hydrogens (tertiary/aromatic N) is 1. The average molecular weight is 376 g/mol. The predicted octanol–water partition coefficient (Wildman–Crippen LogP) is 1.06. The first-order chi connectivity index (χ1) is 12.1. The van der Waals surface area contributed by atoms with Gasteiger partial charge in [-0.25, -0.2) is 8.42 Å². The van der Waals surface area contributed by atoms with Crippen molar-refractivity contribution in [2.75, 3.05) is 17.7 Å². The number of hydrogen-bond donors (Lipinski definition) is 3. The zero-order chi connectivity index (χ0) is 19.2. The summed E-state index contributed by atoms with van der Waals surface area (Å²) in [6, 6.07) is 6.90. The molecule has 0 saturated carbocycles. The number of hydrogen-bond acceptors (Lipinski definition) is 7. The molecule has 9 heteroatoms. The number of amides is 2. The van der Waals surface area contributed by atoms with Crippen LogP contribution in [0.1, 0.15) is 32.3 Å². The van der Waals surface area contributed by atoms with Crippen molar-refractivity contribution in [1.82, 2.24) is 4.90 Å². The number of imide groups is 1. The molecule has 0 saturated heterocycles. The fourth-order valence-electron chi connectivity index (χ4n) is 2.97. The first kappa shape index (κ1) is 17.7. The molecular formula is C17H16N2O6S. The quantitative estimate of drug-likeness (QED) is 0.412. The van der Waals surface area contributed by atoms with E-state index in [1.165, 1.54) is 24.3 Å². The number of nitrogens with two attached hydrogens (primary N) is 1. The van der Waals surface area contributed by atoms with E-state index in [-0.39, 0.29) is 22.4 Å². The van der Waals surface area contributed by atoms with Crippen molar-refractivity contribution in [2.24, 2.45) is 0 Å². The number of carbonyl (C=O) groups is 2. The maximum atomic E-state index is 12.8. The van der Waals surface area contributed by atoms with Crippen LogP contribution in [-0.2, 0) is 9.84 Å². The number of phenolic OH excluding ortho intramolecular Hbond substituents is 2. The summed E-state index contributed by atoms with van der Waals surface area (Å²) >= 11 is 0. The van der Waals surface area contributed by atoms with Gasteiger partial charge in [0.15, 0.2) is 11.5 Å². The molecular weight excluding hydrogens is 360 g/mol. The number of phenols is 2. The maximum Gasteiger partial charge on any atom is 0.264 e. The summed E-state index contributed by atoms with van der Waals surface area (Å²) in [6.07, 6.45) is 0.979. The van der Waals surface area contributed by atoms with Crippen molar-refractivity contribution in [3.05, 3.63) is 53.1 Å². The molecule has 1 aliphatic heterocycles. The standard InChI is InChI=1S/C17H16N2O6S/c1-26(24,25)8-12(9-5-6-13(20)14(21)7-9)19-16(22)10-3-2-4-11(18)15(10)17(19)23/h2-7,12,20-21H,8,18H2,1H3. The number of aromatic hydroxyl groups is 2. The van der Waals surface area contributed by atoms with Crippen LogP contribution in [0.15, 0.2) is 36.4 Å². The van der Waals surface area contributed by atoms with Crippen LogP contribution in [0.25, 0.3) is 0 Å². The Labute approximate surface area is 149 Å². The third-order valence-corrected chi connectivity index (χ3v) is 5.06. The normalized spacial score (nSPS) is 15.2. The zero-order valence-electron chi connectivity index (χ0n) is 13.7. The number of carbonyl (C=O) groups excluding carboxylic acids is 2. The van der Waals surface area contributed by atoms with Crippen molar-refractivity contribution >= 4 is 27.3 Å². The van der Waals surface area contributed by atoms with Crippen molar-refractivity contribution < 1.29 is 28.2 Å². The maximum absolute atomic E-state index is 12.8. The van der Waals surface area contributed by atoms with Crippen molar-refractivity contribution in [2.45, 2.75) is 6.04 Å². The molecule has 1 atom stereocenters. The molecule has 0 aliphatic carbocycles. The Morgan fingerprint density at radius 3 is 2.35 bits per heavy atom. The minimum absolute atomic E-state index is 0.0269. The van der Waals surface area contributed by atoms with E-state index in [1.54, 1.807) is 0 Å². The number of nitrogen functional groups attached to an aromatic ring is 1. The molecule has 4 N–H and O–H groups in total. The Balaban J connectivity index is 2.14. The van der Waals surface area contributed by atoms with Gasteiger partial charge in [0.05, 0.1) is 22.9 Å². The molecule has 2 aromatic rings. The Morgan fingerprint density at radius 2 is 1.77 bits per heavy atom. The molecule has 0 bridgehead atoms. The highest BCUT2D eigenvalue weighted by atomic mass is 32.2. The van der Waals surface area contributed by atoms with E-state index in [9.17, 15) is 28.2 Å². The summed E-state index contributed by atoms with van der Waals surface area (Å²) in [4.78, 5) is 26.4. The van der Waals surface area contributed by atoms with Crippen LogP contribution in [0.3, 0.4) is 0 Å². The number of rotatable bonds is 4. The minimum atomic E-state index is -3.60. The van der Waals surface area contributed by atoms with Crippen molar-refractivity contribution in [3.63, 3.8) is 0 Å². The van der Waals surface area contributed by atoms with E-state index in [1.807, 2.05) is 0 Å². The van der Waals surface area contributed by atoms with E-state index >= 15 is 0 Å². The Kier molecular flexibility index (Phi) is 4.11. The van der Waals surface area contributed by atoms with Crippen LogP contribution < -0.4 is 5.73 Å². The molecule has 2 amide bonds. The van der Waals surface area contributed by atoms with Crippen LogP contribution in [-0.4, -0.2) is 47.4 Å². The molecule has 0 radical (unpaired) electrons. The van der Waals surface area contributed by atoms with Crippen LogP contribution in [0, 0.1) is 0 Å². The first-order valence-corrected chi connectivity index (χ1v) is 9.62. The fourth-order valence-corrected chi connectivity index (χ4v) is 3.88. The molecule has 0 fully saturated rings. The second-order valence-electron chi connectivity index (χ2n) is 6.11. The highest BCUT2D eigenvalue weighted by Gasteiger charge is 2.42. The van der Waals surface area contributed by atoms with Crippen LogP contribution in [0.5, 0.6) is 11.5 Å². The largest absolute Gasteiger partial charge is 0.504 e. The van der Waals surface area contributed by atoms with E-state index in [2.05, 4.69) is 0 Å². The van der Waals surface area contributed by atoms with E-state index in [0.717, 1.165) is 23.3 Å².